The van der Waals surface area contributed by atoms with E-state index >= 15 is 0 Å². The van der Waals surface area contributed by atoms with Crippen molar-refractivity contribution in [2.45, 2.75) is 33.5 Å². The number of fused-ring (bicyclic) bond motifs is 1. The lowest BCUT2D eigenvalue weighted by molar-refractivity contribution is 0.0593. The number of aromatic nitrogens is 6. The first kappa shape index (κ1) is 16.5. The lowest BCUT2D eigenvalue weighted by Gasteiger charge is -2.27. The van der Waals surface area contributed by atoms with E-state index in [2.05, 4.69) is 44.8 Å². The predicted octanol–water partition coefficient (Wildman–Crippen LogP) is 1.01. The third-order valence-electron chi connectivity index (χ3n) is 4.80. The maximum atomic E-state index is 11.7. The number of carbonyl (C=O) groups is 1. The molecule has 0 N–H and O–H groups in total. The van der Waals surface area contributed by atoms with Crippen LogP contribution in [0.4, 0.5) is 0 Å². The fourth-order valence-electron chi connectivity index (χ4n) is 3.53. The van der Waals surface area contributed by atoms with Gasteiger partial charge >= 0.3 is 5.97 Å². The summed E-state index contributed by atoms with van der Waals surface area (Å²) in [7, 11) is 1.37. The number of carbonyl (C=O) groups excluding carboxylic acids is 1. The van der Waals surface area contributed by atoms with E-state index in [0.29, 0.717) is 5.69 Å². The summed E-state index contributed by atoms with van der Waals surface area (Å²) in [4.78, 5) is 14.0. The van der Waals surface area contributed by atoms with E-state index in [4.69, 9.17) is 4.74 Å². The van der Waals surface area contributed by atoms with Crippen LogP contribution < -0.4 is 0 Å². The first-order chi connectivity index (χ1) is 12.6. The Morgan fingerprint density at radius 3 is 2.69 bits per heavy atom. The molecule has 0 spiro atoms. The van der Waals surface area contributed by atoms with Gasteiger partial charge in [0.2, 0.25) is 0 Å². The molecule has 4 rings (SSSR count). The van der Waals surface area contributed by atoms with Gasteiger partial charge in [-0.25, -0.2) is 9.47 Å². The number of hydrogen-bond donors (Lipinski definition) is 0. The Kier molecular flexibility index (Phi) is 4.08. The molecule has 3 aromatic rings. The molecule has 0 unspecified atom stereocenters. The summed E-state index contributed by atoms with van der Waals surface area (Å²) in [5.74, 6) is -0.393. The number of esters is 1. The molecule has 26 heavy (non-hydrogen) atoms. The second-order valence-corrected chi connectivity index (χ2v) is 6.50. The minimum Gasteiger partial charge on any atom is -0.464 e. The van der Waals surface area contributed by atoms with Gasteiger partial charge in [-0.15, -0.1) is 10.2 Å². The van der Waals surface area contributed by atoms with Crippen molar-refractivity contribution in [2.75, 3.05) is 13.7 Å². The summed E-state index contributed by atoms with van der Waals surface area (Å²) in [5, 5.41) is 12.1. The molecule has 136 valence electrons. The number of rotatable bonds is 4. The third kappa shape index (κ3) is 2.80. The van der Waals surface area contributed by atoms with Gasteiger partial charge in [-0.05, 0) is 31.5 Å². The second kappa shape index (κ2) is 6.41. The molecule has 0 atom stereocenters. The first-order valence-corrected chi connectivity index (χ1v) is 8.47. The highest BCUT2D eigenvalue weighted by molar-refractivity contribution is 5.87. The van der Waals surface area contributed by atoms with Crippen LogP contribution in [0.15, 0.2) is 24.8 Å². The van der Waals surface area contributed by atoms with E-state index in [1.54, 1.807) is 12.7 Å². The van der Waals surface area contributed by atoms with Crippen LogP contribution in [0.25, 0.3) is 0 Å². The van der Waals surface area contributed by atoms with E-state index in [1.165, 1.54) is 12.7 Å². The van der Waals surface area contributed by atoms with Crippen molar-refractivity contribution in [1.82, 2.24) is 34.2 Å². The first-order valence-electron chi connectivity index (χ1n) is 8.47. The van der Waals surface area contributed by atoms with Crippen LogP contribution in [-0.4, -0.2) is 53.9 Å². The number of hydrogen-bond acceptors (Lipinski definition) is 6. The van der Waals surface area contributed by atoms with Gasteiger partial charge in [-0.3, -0.25) is 14.3 Å². The van der Waals surface area contributed by atoms with Crippen LogP contribution in [0.1, 0.15) is 33.1 Å². The Bertz CT molecular complexity index is 939. The molecule has 0 fully saturated rings. The van der Waals surface area contributed by atoms with E-state index in [9.17, 15) is 4.79 Å². The van der Waals surface area contributed by atoms with Gasteiger partial charge in [0.05, 0.1) is 19.3 Å². The maximum Gasteiger partial charge on any atom is 0.358 e. The van der Waals surface area contributed by atoms with Gasteiger partial charge in [-0.2, -0.15) is 5.10 Å². The lowest BCUT2D eigenvalue weighted by atomic mass is 10.2. The zero-order chi connectivity index (χ0) is 18.3. The van der Waals surface area contributed by atoms with Gasteiger partial charge in [-0.1, -0.05) is 0 Å². The summed E-state index contributed by atoms with van der Waals surface area (Å²) in [5.41, 5.74) is 4.96. The molecule has 1 aliphatic heterocycles. The van der Waals surface area contributed by atoms with Gasteiger partial charge in [0.15, 0.2) is 5.69 Å². The molecule has 9 nitrogen and oxygen atoms in total. The predicted molar refractivity (Wildman–Crippen MR) is 92.4 cm³/mol. The normalized spacial score (nSPS) is 14.4. The monoisotopic (exact) mass is 355 g/mol. The third-order valence-corrected chi connectivity index (χ3v) is 4.80. The largest absolute Gasteiger partial charge is 0.464 e. The molecular weight excluding hydrogens is 334 g/mol. The highest BCUT2D eigenvalue weighted by Crippen LogP contribution is 2.21. The van der Waals surface area contributed by atoms with Gasteiger partial charge < -0.3 is 4.74 Å². The maximum absolute atomic E-state index is 11.7. The van der Waals surface area contributed by atoms with Crippen LogP contribution in [0.3, 0.4) is 0 Å². The summed E-state index contributed by atoms with van der Waals surface area (Å²) < 4.78 is 10.6. The molecule has 0 saturated heterocycles. The topological polar surface area (TPSA) is 83.0 Å². The van der Waals surface area contributed by atoms with Crippen molar-refractivity contribution < 1.29 is 9.53 Å². The van der Waals surface area contributed by atoms with Gasteiger partial charge in [0, 0.05) is 31.0 Å². The Morgan fingerprint density at radius 2 is 1.96 bits per heavy atom. The number of nitrogens with zero attached hydrogens (tertiary/aromatic N) is 7. The Labute approximate surface area is 150 Å². The molecule has 0 saturated carbocycles. The molecule has 0 amide bonds. The summed E-state index contributed by atoms with van der Waals surface area (Å²) in [6.45, 7) is 7.40. The van der Waals surface area contributed by atoms with Crippen molar-refractivity contribution in [3.63, 3.8) is 0 Å². The van der Waals surface area contributed by atoms with Crippen LogP contribution in [0.2, 0.25) is 0 Å². The van der Waals surface area contributed by atoms with Gasteiger partial charge in [0.25, 0.3) is 0 Å². The van der Waals surface area contributed by atoms with Gasteiger partial charge in [0.1, 0.15) is 12.7 Å². The molecule has 1 aliphatic rings. The van der Waals surface area contributed by atoms with Crippen LogP contribution >= 0.6 is 0 Å². The molecule has 9 heteroatoms. The quantitative estimate of drug-likeness (QED) is 0.650. The zero-order valence-corrected chi connectivity index (χ0v) is 15.1. The standard InChI is InChI=1S/C17H21N7O2/c1-12-6-14(13(2)24(12)22-10-18-19-11-22)8-21-4-5-23-15(9-21)7-16(20-23)17(25)26-3/h6-7,10-11H,4-5,8-9H2,1-3H3. The Morgan fingerprint density at radius 1 is 1.19 bits per heavy atom. The highest BCUT2D eigenvalue weighted by Gasteiger charge is 2.22. The van der Waals surface area contributed by atoms with Crippen molar-refractivity contribution in [3.05, 3.63) is 53.1 Å². The van der Waals surface area contributed by atoms with E-state index in [0.717, 1.165) is 43.3 Å². The van der Waals surface area contributed by atoms with Crippen molar-refractivity contribution in [3.8, 4) is 0 Å². The average Bonchev–Trinajstić information content (AvgIpc) is 3.34. The molecule has 0 aromatic carbocycles. The average molecular weight is 355 g/mol. The van der Waals surface area contributed by atoms with E-state index < -0.39 is 5.97 Å². The summed E-state index contributed by atoms with van der Waals surface area (Å²) >= 11 is 0. The smallest absolute Gasteiger partial charge is 0.358 e. The highest BCUT2D eigenvalue weighted by atomic mass is 16.5. The zero-order valence-electron chi connectivity index (χ0n) is 15.1. The van der Waals surface area contributed by atoms with E-state index in [-0.39, 0.29) is 0 Å². The molecular formula is C17H21N7O2. The second-order valence-electron chi connectivity index (χ2n) is 6.50. The summed E-state index contributed by atoms with van der Waals surface area (Å²) in [6.07, 6.45) is 3.38. The number of ether oxygens (including phenoxy) is 1. The fourth-order valence-corrected chi connectivity index (χ4v) is 3.53. The molecule has 0 aliphatic carbocycles. The van der Waals surface area contributed by atoms with Crippen LogP contribution in [-0.2, 0) is 24.4 Å². The molecule has 4 heterocycles. The molecule has 0 radical (unpaired) electrons. The lowest BCUT2D eigenvalue weighted by Crippen LogP contribution is -2.33. The Balaban J connectivity index is 1.53. The Hall–Kier alpha value is -2.94. The van der Waals surface area contributed by atoms with Crippen LogP contribution in [0, 0.1) is 13.8 Å². The fraction of sp³-hybridized carbons (Fsp3) is 0.412. The molecule has 3 aromatic heterocycles. The van der Waals surface area contributed by atoms with Crippen LogP contribution in [0.5, 0.6) is 0 Å². The minimum atomic E-state index is -0.393. The van der Waals surface area contributed by atoms with Crippen molar-refractivity contribution in [2.24, 2.45) is 0 Å². The molecule has 0 bridgehead atoms. The van der Waals surface area contributed by atoms with Crippen molar-refractivity contribution >= 4 is 5.97 Å². The SMILES string of the molecule is COC(=O)c1cc2n(n1)CCN(Cc1cc(C)n(-n3cnnc3)c1C)C2. The van der Waals surface area contributed by atoms with E-state index in [1.807, 2.05) is 15.4 Å². The van der Waals surface area contributed by atoms with Crippen molar-refractivity contribution in [1.29, 1.82) is 0 Å². The minimum absolute atomic E-state index is 0.370. The summed E-state index contributed by atoms with van der Waals surface area (Å²) in [6, 6.07) is 4.01. The number of methoxy groups -OCH3 is 1. The number of aryl methyl sites for hydroxylation is 1.